The lowest BCUT2D eigenvalue weighted by Gasteiger charge is -2.26. The molecule has 0 heterocycles. The average molecular weight is 339 g/mol. The molecule has 0 radical (unpaired) electrons. The average Bonchev–Trinajstić information content (AvgIpc) is 2.67. The number of ether oxygens (including phenoxy) is 1. The topological polar surface area (TPSA) is 29.5 Å². The number of benzene rings is 2. The summed E-state index contributed by atoms with van der Waals surface area (Å²) in [6, 6.07) is 19.7. The van der Waals surface area contributed by atoms with E-state index < -0.39 is 0 Å². The molecular formula is C22H29NO2. The summed E-state index contributed by atoms with van der Waals surface area (Å²) < 4.78 is 5.92. The molecule has 0 N–H and O–H groups in total. The largest absolute Gasteiger partial charge is 0.460 e. The fourth-order valence-electron chi connectivity index (χ4n) is 3.01. The third-order valence-corrected chi connectivity index (χ3v) is 4.60. The van der Waals surface area contributed by atoms with Crippen LogP contribution in [0.4, 0.5) is 0 Å². The van der Waals surface area contributed by atoms with E-state index in [4.69, 9.17) is 4.74 Å². The smallest absolute Gasteiger partial charge is 0.318 e. The van der Waals surface area contributed by atoms with Gasteiger partial charge in [0, 0.05) is 6.54 Å². The summed E-state index contributed by atoms with van der Waals surface area (Å²) in [7, 11) is 0. The molecule has 0 amide bonds. The van der Waals surface area contributed by atoms with Crippen LogP contribution in [0.1, 0.15) is 44.2 Å². The number of nitrogens with zero attached hydrogens (tertiary/aromatic N) is 1. The first-order chi connectivity index (χ1) is 12.2. The van der Waals surface area contributed by atoms with Crippen molar-refractivity contribution in [1.82, 2.24) is 4.90 Å². The van der Waals surface area contributed by atoms with Gasteiger partial charge in [-0.3, -0.25) is 4.79 Å². The van der Waals surface area contributed by atoms with Crippen LogP contribution in [0.2, 0.25) is 0 Å². The molecular weight excluding hydrogens is 310 g/mol. The second kappa shape index (κ2) is 10.00. The lowest BCUT2D eigenvalue weighted by atomic mass is 9.91. The summed E-state index contributed by atoms with van der Waals surface area (Å²) in [5.41, 5.74) is 1.94. The van der Waals surface area contributed by atoms with Crippen molar-refractivity contribution >= 4 is 5.97 Å². The summed E-state index contributed by atoms with van der Waals surface area (Å²) in [5.74, 6) is -0.551. The number of esters is 1. The van der Waals surface area contributed by atoms with E-state index in [-0.39, 0.29) is 18.0 Å². The van der Waals surface area contributed by atoms with Crippen molar-refractivity contribution in [1.29, 1.82) is 0 Å². The summed E-state index contributed by atoms with van der Waals surface area (Å²) in [5, 5.41) is 0. The third-order valence-electron chi connectivity index (χ3n) is 4.60. The number of carbonyl (C=O) groups is 1. The number of rotatable bonds is 9. The van der Waals surface area contributed by atoms with Crippen LogP contribution in [0, 0.1) is 0 Å². The summed E-state index contributed by atoms with van der Waals surface area (Å²) >= 11 is 0. The van der Waals surface area contributed by atoms with E-state index in [1.165, 1.54) is 0 Å². The molecule has 0 aliphatic rings. The Bertz CT molecular complexity index is 583. The minimum absolute atomic E-state index is 0.0812. The van der Waals surface area contributed by atoms with Crippen LogP contribution in [0.15, 0.2) is 60.7 Å². The van der Waals surface area contributed by atoms with Gasteiger partial charge < -0.3 is 9.64 Å². The number of hydrogen-bond acceptors (Lipinski definition) is 3. The van der Waals surface area contributed by atoms with Gasteiger partial charge in [-0.1, -0.05) is 81.4 Å². The highest BCUT2D eigenvalue weighted by atomic mass is 16.5. The first kappa shape index (κ1) is 19.2. The minimum Gasteiger partial charge on any atom is -0.460 e. The number of likely N-dealkylation sites (N-methyl/N-ethyl adjacent to an activating group) is 1. The summed E-state index contributed by atoms with van der Waals surface area (Å²) in [6.45, 7) is 9.05. The van der Waals surface area contributed by atoms with Gasteiger partial charge in [0.25, 0.3) is 0 Å². The second-order valence-electron chi connectivity index (χ2n) is 6.21. The highest BCUT2D eigenvalue weighted by molar-refractivity contribution is 5.82. The Hall–Kier alpha value is -2.13. The van der Waals surface area contributed by atoms with Crippen molar-refractivity contribution in [3.63, 3.8) is 0 Å². The van der Waals surface area contributed by atoms with Crippen LogP contribution >= 0.6 is 0 Å². The molecule has 0 bridgehead atoms. The molecule has 1 atom stereocenters. The molecule has 0 aliphatic heterocycles. The normalized spacial score (nSPS) is 12.4. The van der Waals surface area contributed by atoms with Gasteiger partial charge in [-0.15, -0.1) is 0 Å². The number of carbonyl (C=O) groups excluding carboxylic acids is 1. The molecule has 3 heteroatoms. The molecule has 0 unspecified atom stereocenters. The Morgan fingerprint density at radius 2 is 1.36 bits per heavy atom. The standard InChI is InChI=1S/C22H29NO2/c1-4-20(17-23(5-2)6-3)25-22(24)21(18-13-9-7-10-14-18)19-15-11-8-12-16-19/h7-16,20-21H,4-6,17H2,1-3H3/t20-/m1/s1. The first-order valence-electron chi connectivity index (χ1n) is 9.22. The predicted octanol–water partition coefficient (Wildman–Crippen LogP) is 4.48. The van der Waals surface area contributed by atoms with Crippen LogP contribution in [-0.4, -0.2) is 36.6 Å². The third kappa shape index (κ3) is 5.43. The van der Waals surface area contributed by atoms with Crippen molar-refractivity contribution < 1.29 is 9.53 Å². The lowest BCUT2D eigenvalue weighted by molar-refractivity contribution is -0.151. The zero-order chi connectivity index (χ0) is 18.1. The number of hydrogen-bond donors (Lipinski definition) is 0. The van der Waals surface area contributed by atoms with Crippen molar-refractivity contribution in [3.05, 3.63) is 71.8 Å². The van der Waals surface area contributed by atoms with Gasteiger partial charge in [0.2, 0.25) is 0 Å². The van der Waals surface area contributed by atoms with E-state index in [0.29, 0.717) is 0 Å². The highest BCUT2D eigenvalue weighted by Crippen LogP contribution is 2.26. The van der Waals surface area contributed by atoms with Crippen LogP contribution < -0.4 is 0 Å². The van der Waals surface area contributed by atoms with Crippen LogP contribution in [0.5, 0.6) is 0 Å². The van der Waals surface area contributed by atoms with Gasteiger partial charge in [0.05, 0.1) is 0 Å². The van der Waals surface area contributed by atoms with E-state index in [0.717, 1.165) is 37.2 Å². The Morgan fingerprint density at radius 3 is 1.76 bits per heavy atom. The van der Waals surface area contributed by atoms with Gasteiger partial charge in [-0.2, -0.15) is 0 Å². The van der Waals surface area contributed by atoms with Crippen molar-refractivity contribution in [2.75, 3.05) is 19.6 Å². The van der Waals surface area contributed by atoms with E-state index in [1.54, 1.807) is 0 Å². The van der Waals surface area contributed by atoms with Crippen LogP contribution in [0.3, 0.4) is 0 Å². The first-order valence-corrected chi connectivity index (χ1v) is 9.22. The molecule has 25 heavy (non-hydrogen) atoms. The molecule has 134 valence electrons. The lowest BCUT2D eigenvalue weighted by Crippen LogP contribution is -2.35. The fourth-order valence-corrected chi connectivity index (χ4v) is 3.01. The summed E-state index contributed by atoms with van der Waals surface area (Å²) in [6.07, 6.45) is 0.737. The molecule has 2 rings (SSSR count). The van der Waals surface area contributed by atoms with Gasteiger partial charge in [0.15, 0.2) is 0 Å². The van der Waals surface area contributed by atoms with E-state index in [9.17, 15) is 4.79 Å². The fraction of sp³-hybridized carbons (Fsp3) is 0.409. The van der Waals surface area contributed by atoms with E-state index in [2.05, 4.69) is 25.7 Å². The van der Waals surface area contributed by atoms with Gasteiger partial charge in [0.1, 0.15) is 12.0 Å². The maximum absolute atomic E-state index is 13.0. The zero-order valence-corrected chi connectivity index (χ0v) is 15.5. The van der Waals surface area contributed by atoms with Gasteiger partial charge >= 0.3 is 5.97 Å². The minimum atomic E-state index is -0.381. The van der Waals surface area contributed by atoms with Crippen molar-refractivity contribution in [3.8, 4) is 0 Å². The molecule has 0 aliphatic carbocycles. The molecule has 2 aromatic carbocycles. The quantitative estimate of drug-likeness (QED) is 0.631. The van der Waals surface area contributed by atoms with Gasteiger partial charge in [-0.25, -0.2) is 0 Å². The van der Waals surface area contributed by atoms with Crippen molar-refractivity contribution in [2.45, 2.75) is 39.2 Å². The molecule has 0 saturated heterocycles. The van der Waals surface area contributed by atoms with Crippen LogP contribution in [0.25, 0.3) is 0 Å². The maximum atomic E-state index is 13.0. The SMILES string of the molecule is CC[C@H](CN(CC)CC)OC(=O)C(c1ccccc1)c1ccccc1. The summed E-state index contributed by atoms with van der Waals surface area (Å²) in [4.78, 5) is 15.3. The zero-order valence-electron chi connectivity index (χ0n) is 15.5. The van der Waals surface area contributed by atoms with E-state index >= 15 is 0 Å². The second-order valence-corrected chi connectivity index (χ2v) is 6.21. The Morgan fingerprint density at radius 1 is 0.880 bits per heavy atom. The Kier molecular flexibility index (Phi) is 7.68. The molecule has 2 aromatic rings. The maximum Gasteiger partial charge on any atom is 0.318 e. The van der Waals surface area contributed by atoms with E-state index in [1.807, 2.05) is 60.7 Å². The molecule has 0 fully saturated rings. The Balaban J connectivity index is 2.21. The van der Waals surface area contributed by atoms with Gasteiger partial charge in [-0.05, 0) is 30.6 Å². The monoisotopic (exact) mass is 339 g/mol. The molecule has 0 saturated carbocycles. The molecule has 0 spiro atoms. The molecule has 0 aromatic heterocycles. The van der Waals surface area contributed by atoms with Crippen LogP contribution in [-0.2, 0) is 9.53 Å². The molecule has 3 nitrogen and oxygen atoms in total. The van der Waals surface area contributed by atoms with Crippen molar-refractivity contribution in [2.24, 2.45) is 0 Å². The highest BCUT2D eigenvalue weighted by Gasteiger charge is 2.26. The Labute approximate surface area is 151 Å². The predicted molar refractivity (Wildman–Crippen MR) is 103 cm³/mol.